The Balaban J connectivity index is 1.87. The fourth-order valence-electron chi connectivity index (χ4n) is 3.51. The van der Waals surface area contributed by atoms with Crippen LogP contribution in [0.5, 0.6) is 0 Å². The van der Waals surface area contributed by atoms with Crippen molar-refractivity contribution in [1.29, 1.82) is 0 Å². The van der Waals surface area contributed by atoms with Gasteiger partial charge in [-0.05, 0) is 25.1 Å². The van der Waals surface area contributed by atoms with Gasteiger partial charge in [0.15, 0.2) is 5.65 Å². The van der Waals surface area contributed by atoms with Crippen LogP contribution < -0.4 is 5.56 Å². The number of benzene rings is 1. The van der Waals surface area contributed by atoms with Gasteiger partial charge in [-0.1, -0.05) is 11.6 Å². The van der Waals surface area contributed by atoms with Gasteiger partial charge in [0, 0.05) is 37.4 Å². The third kappa shape index (κ3) is 1.94. The predicted molar refractivity (Wildman–Crippen MR) is 100 cm³/mol. The lowest BCUT2D eigenvalue weighted by atomic mass is 10.1. The molecule has 4 aromatic heterocycles. The highest BCUT2D eigenvalue weighted by atomic mass is 16.1. The van der Waals surface area contributed by atoms with E-state index in [2.05, 4.69) is 15.1 Å². The molecule has 0 aliphatic heterocycles. The van der Waals surface area contributed by atoms with Gasteiger partial charge in [-0.2, -0.15) is 5.10 Å². The van der Waals surface area contributed by atoms with Crippen LogP contribution >= 0.6 is 0 Å². The Morgan fingerprint density at radius 1 is 1.08 bits per heavy atom. The van der Waals surface area contributed by atoms with Crippen molar-refractivity contribution in [2.24, 2.45) is 14.1 Å². The van der Waals surface area contributed by atoms with Crippen molar-refractivity contribution in [1.82, 2.24) is 28.7 Å². The molecular weight excluding hydrogens is 328 g/mol. The van der Waals surface area contributed by atoms with Gasteiger partial charge in [-0.3, -0.25) is 18.4 Å². The molecule has 5 rings (SSSR count). The average molecular weight is 344 g/mol. The van der Waals surface area contributed by atoms with E-state index in [-0.39, 0.29) is 5.56 Å². The number of imidazole rings is 1. The number of aromatic nitrogens is 6. The quantitative estimate of drug-likeness (QED) is 0.468. The van der Waals surface area contributed by atoms with Gasteiger partial charge in [0.25, 0.3) is 5.56 Å². The summed E-state index contributed by atoms with van der Waals surface area (Å²) < 4.78 is 5.34. The van der Waals surface area contributed by atoms with E-state index in [1.54, 1.807) is 28.8 Å². The van der Waals surface area contributed by atoms with Crippen LogP contribution in [0.25, 0.3) is 38.8 Å². The van der Waals surface area contributed by atoms with Gasteiger partial charge in [-0.25, -0.2) is 9.97 Å². The van der Waals surface area contributed by atoms with Gasteiger partial charge < -0.3 is 0 Å². The number of hydrogen-bond acceptors (Lipinski definition) is 4. The van der Waals surface area contributed by atoms with Crippen molar-refractivity contribution in [3.8, 4) is 11.3 Å². The van der Waals surface area contributed by atoms with Crippen LogP contribution in [0.4, 0.5) is 0 Å². The first-order valence-electron chi connectivity index (χ1n) is 8.29. The zero-order valence-electron chi connectivity index (χ0n) is 14.6. The molecule has 128 valence electrons. The van der Waals surface area contributed by atoms with Gasteiger partial charge in [-0.15, -0.1) is 0 Å². The third-order valence-electron chi connectivity index (χ3n) is 4.75. The second-order valence-electron chi connectivity index (χ2n) is 6.61. The van der Waals surface area contributed by atoms with Crippen LogP contribution in [0, 0.1) is 6.92 Å². The molecule has 0 saturated heterocycles. The van der Waals surface area contributed by atoms with E-state index in [1.807, 2.05) is 48.8 Å². The molecule has 0 saturated carbocycles. The molecule has 0 atom stereocenters. The van der Waals surface area contributed by atoms with Crippen LogP contribution in [-0.4, -0.2) is 28.7 Å². The number of pyridine rings is 1. The van der Waals surface area contributed by atoms with E-state index < -0.39 is 0 Å². The Bertz CT molecular complexity index is 1390. The maximum Gasteiger partial charge on any atom is 0.261 e. The molecule has 0 aliphatic carbocycles. The second-order valence-corrected chi connectivity index (χ2v) is 6.61. The third-order valence-corrected chi connectivity index (χ3v) is 4.75. The second kappa shape index (κ2) is 5.01. The molecular formula is C19H16N6O. The van der Waals surface area contributed by atoms with E-state index in [9.17, 15) is 4.79 Å². The Labute approximate surface area is 148 Å². The molecule has 0 unspecified atom stereocenters. The smallest absolute Gasteiger partial charge is 0.261 e. The van der Waals surface area contributed by atoms with E-state index in [4.69, 9.17) is 0 Å². The Kier molecular flexibility index (Phi) is 2.86. The lowest BCUT2D eigenvalue weighted by Gasteiger charge is -2.09. The summed E-state index contributed by atoms with van der Waals surface area (Å²) in [5.74, 6) is 0. The van der Waals surface area contributed by atoms with Crippen LogP contribution in [0.1, 0.15) is 5.56 Å². The van der Waals surface area contributed by atoms with Crippen LogP contribution in [0.15, 0.2) is 47.8 Å². The molecule has 26 heavy (non-hydrogen) atoms. The molecule has 0 aliphatic rings. The summed E-state index contributed by atoms with van der Waals surface area (Å²) in [6.45, 7) is 1.98. The normalized spacial score (nSPS) is 11.8. The first-order valence-corrected chi connectivity index (χ1v) is 8.29. The fraction of sp³-hybridized carbons (Fsp3) is 0.158. The number of fused-ring (bicyclic) bond motifs is 4. The molecule has 0 spiro atoms. The minimum atomic E-state index is -0.0339. The van der Waals surface area contributed by atoms with Crippen molar-refractivity contribution in [2.45, 2.75) is 6.92 Å². The monoisotopic (exact) mass is 344 g/mol. The Morgan fingerprint density at radius 3 is 2.77 bits per heavy atom. The number of aryl methyl sites for hydroxylation is 3. The molecule has 7 heteroatoms. The Morgan fingerprint density at radius 2 is 1.92 bits per heavy atom. The van der Waals surface area contributed by atoms with E-state index in [0.717, 1.165) is 33.4 Å². The summed E-state index contributed by atoms with van der Waals surface area (Å²) in [6, 6.07) is 7.89. The van der Waals surface area contributed by atoms with Gasteiger partial charge in [0.2, 0.25) is 0 Å². The maximum absolute atomic E-state index is 12.9. The first kappa shape index (κ1) is 14.8. The van der Waals surface area contributed by atoms with Crippen LogP contribution in [-0.2, 0) is 14.1 Å². The highest BCUT2D eigenvalue weighted by Gasteiger charge is 2.16. The molecule has 0 bridgehead atoms. The van der Waals surface area contributed by atoms with Crippen molar-refractivity contribution >= 4 is 27.6 Å². The summed E-state index contributed by atoms with van der Waals surface area (Å²) in [5, 5.41) is 5.93. The highest BCUT2D eigenvalue weighted by Crippen LogP contribution is 2.26. The zero-order valence-corrected chi connectivity index (χ0v) is 14.6. The molecule has 7 nitrogen and oxygen atoms in total. The minimum absolute atomic E-state index is 0.0339. The summed E-state index contributed by atoms with van der Waals surface area (Å²) in [7, 11) is 3.64. The SMILES string of the molecule is Cc1ccc2c(c1)c(=O)n(C)c1c(-c3cnc4nn(C)cc4c3)ncn21. The lowest BCUT2D eigenvalue weighted by Crippen LogP contribution is -2.19. The first-order chi connectivity index (χ1) is 12.5. The molecule has 4 heterocycles. The lowest BCUT2D eigenvalue weighted by molar-refractivity contribution is 0.776. The van der Waals surface area contributed by atoms with Crippen LogP contribution in [0.2, 0.25) is 0 Å². The highest BCUT2D eigenvalue weighted by molar-refractivity contribution is 5.87. The standard InChI is InChI=1S/C19H16N6O/c1-11-4-5-15-14(6-11)19(26)24(3)18-16(21-10-25(15)18)12-7-13-9-23(2)22-17(13)20-8-12/h4-10H,1-3H3. The molecule has 5 aromatic rings. The largest absolute Gasteiger partial charge is 0.295 e. The minimum Gasteiger partial charge on any atom is -0.295 e. The zero-order chi connectivity index (χ0) is 18.0. The molecule has 0 fully saturated rings. The van der Waals surface area contributed by atoms with Crippen molar-refractivity contribution in [3.05, 3.63) is 58.9 Å². The topological polar surface area (TPSA) is 70.0 Å². The summed E-state index contributed by atoms with van der Waals surface area (Å²) in [5.41, 5.74) is 4.89. The van der Waals surface area contributed by atoms with E-state index in [0.29, 0.717) is 11.0 Å². The Hall–Kier alpha value is -3.48. The van der Waals surface area contributed by atoms with Gasteiger partial charge in [0.05, 0.1) is 10.9 Å². The molecule has 1 aromatic carbocycles. The number of hydrogen-bond donors (Lipinski definition) is 0. The number of rotatable bonds is 1. The van der Waals surface area contributed by atoms with Gasteiger partial charge in [0.1, 0.15) is 17.7 Å². The predicted octanol–water partition coefficient (Wildman–Crippen LogP) is 2.44. The average Bonchev–Trinajstić information content (AvgIpc) is 3.21. The van der Waals surface area contributed by atoms with Crippen molar-refractivity contribution < 1.29 is 0 Å². The summed E-state index contributed by atoms with van der Waals surface area (Å²) >= 11 is 0. The maximum atomic E-state index is 12.9. The molecule has 0 amide bonds. The van der Waals surface area contributed by atoms with E-state index >= 15 is 0 Å². The number of nitrogens with zero attached hydrogens (tertiary/aromatic N) is 6. The summed E-state index contributed by atoms with van der Waals surface area (Å²) in [6.07, 6.45) is 5.43. The van der Waals surface area contributed by atoms with Gasteiger partial charge >= 0.3 is 0 Å². The fourth-order valence-corrected chi connectivity index (χ4v) is 3.51. The molecule has 0 N–H and O–H groups in total. The molecule has 0 radical (unpaired) electrons. The van der Waals surface area contributed by atoms with E-state index in [1.165, 1.54) is 0 Å². The van der Waals surface area contributed by atoms with Crippen LogP contribution in [0.3, 0.4) is 0 Å². The van der Waals surface area contributed by atoms with Crippen molar-refractivity contribution in [2.75, 3.05) is 0 Å². The van der Waals surface area contributed by atoms with Crippen molar-refractivity contribution in [3.63, 3.8) is 0 Å². The summed E-state index contributed by atoms with van der Waals surface area (Å²) in [4.78, 5) is 21.9.